The van der Waals surface area contributed by atoms with Gasteiger partial charge in [0.1, 0.15) is 11.2 Å². The maximum atomic E-state index is 13.0. The Morgan fingerprint density at radius 3 is 2.29 bits per heavy atom. The topological polar surface area (TPSA) is 110 Å². The molecule has 5 rings (SSSR count). The Kier molecular flexibility index (Phi) is 5.73. The van der Waals surface area contributed by atoms with Crippen molar-refractivity contribution < 1.29 is 14.0 Å². The second kappa shape index (κ2) is 9.15. The Morgan fingerprint density at radius 2 is 1.51 bits per heavy atom. The van der Waals surface area contributed by atoms with Gasteiger partial charge in [-0.15, -0.1) is 0 Å². The minimum absolute atomic E-state index is 0.0259. The number of aromatic nitrogens is 1. The zero-order valence-electron chi connectivity index (χ0n) is 18.9. The third kappa shape index (κ3) is 4.35. The van der Waals surface area contributed by atoms with Crippen molar-refractivity contribution in [1.82, 2.24) is 10.3 Å². The van der Waals surface area contributed by atoms with E-state index in [2.05, 4.69) is 15.6 Å². The van der Waals surface area contributed by atoms with Gasteiger partial charge in [0.2, 0.25) is 5.76 Å². The predicted molar refractivity (Wildman–Crippen MR) is 137 cm³/mol. The highest BCUT2D eigenvalue weighted by molar-refractivity contribution is 6.06. The van der Waals surface area contributed by atoms with Gasteiger partial charge in [0.25, 0.3) is 11.8 Å². The summed E-state index contributed by atoms with van der Waals surface area (Å²) in [6, 6.07) is 26.7. The lowest BCUT2D eigenvalue weighted by atomic mass is 10.0. The minimum atomic E-state index is -0.419. The molecule has 172 valence electrons. The molecule has 3 aromatic carbocycles. The summed E-state index contributed by atoms with van der Waals surface area (Å²) in [6.07, 6.45) is 1.64. The quantitative estimate of drug-likeness (QED) is 0.326. The molecule has 0 atom stereocenters. The van der Waals surface area contributed by atoms with Crippen LogP contribution < -0.4 is 16.4 Å². The van der Waals surface area contributed by atoms with Gasteiger partial charge < -0.3 is 20.8 Å². The summed E-state index contributed by atoms with van der Waals surface area (Å²) in [5.74, 6) is -0.620. The largest absolute Gasteiger partial charge is 0.447 e. The number of anilines is 2. The molecule has 0 saturated heterocycles. The molecule has 0 spiro atoms. The molecule has 2 aromatic heterocycles. The fourth-order valence-electron chi connectivity index (χ4n) is 3.89. The molecule has 0 aliphatic heterocycles. The molecule has 2 heterocycles. The third-order valence-electron chi connectivity index (χ3n) is 5.68. The van der Waals surface area contributed by atoms with Crippen LogP contribution in [0.4, 0.5) is 11.4 Å². The van der Waals surface area contributed by atoms with Gasteiger partial charge in [0, 0.05) is 30.1 Å². The number of pyridine rings is 1. The lowest BCUT2D eigenvalue weighted by Crippen LogP contribution is -2.18. The van der Waals surface area contributed by atoms with Crippen molar-refractivity contribution in [2.24, 2.45) is 0 Å². The van der Waals surface area contributed by atoms with Gasteiger partial charge in [-0.3, -0.25) is 9.59 Å². The summed E-state index contributed by atoms with van der Waals surface area (Å²) < 4.78 is 5.64. The molecular weight excluding hydrogens is 440 g/mol. The van der Waals surface area contributed by atoms with Crippen LogP contribution in [0.5, 0.6) is 0 Å². The van der Waals surface area contributed by atoms with E-state index in [0.717, 1.165) is 22.3 Å². The number of nitrogens with zero attached hydrogens (tertiary/aromatic N) is 1. The Labute approximate surface area is 201 Å². The van der Waals surface area contributed by atoms with Crippen LogP contribution in [0.15, 0.2) is 95.5 Å². The van der Waals surface area contributed by atoms with Gasteiger partial charge >= 0.3 is 0 Å². The van der Waals surface area contributed by atoms with E-state index < -0.39 is 5.91 Å². The smallest absolute Gasteiger partial charge is 0.289 e. The normalized spacial score (nSPS) is 10.8. The summed E-state index contributed by atoms with van der Waals surface area (Å²) in [5.41, 5.74) is 11.8. The number of fused-ring (bicyclic) bond motifs is 1. The predicted octanol–water partition coefficient (Wildman–Crippen LogP) is 5.36. The monoisotopic (exact) mass is 462 g/mol. The highest BCUT2D eigenvalue weighted by Gasteiger charge is 2.19. The molecule has 4 N–H and O–H groups in total. The van der Waals surface area contributed by atoms with E-state index in [1.165, 1.54) is 7.05 Å². The summed E-state index contributed by atoms with van der Waals surface area (Å²) in [6.45, 7) is 0. The third-order valence-corrected chi connectivity index (χ3v) is 5.68. The number of nitrogens with two attached hydrogens (primary N) is 1. The highest BCUT2D eigenvalue weighted by atomic mass is 16.3. The number of carbonyl (C=O) groups is 2. The summed E-state index contributed by atoms with van der Waals surface area (Å²) in [7, 11) is 1.50. The fourth-order valence-corrected chi connectivity index (χ4v) is 3.89. The van der Waals surface area contributed by atoms with Crippen molar-refractivity contribution >= 4 is 34.3 Å². The molecule has 35 heavy (non-hydrogen) atoms. The molecule has 0 aliphatic rings. The minimum Gasteiger partial charge on any atom is -0.447 e. The number of amides is 2. The Balaban J connectivity index is 1.41. The number of rotatable bonds is 5. The molecule has 0 fully saturated rings. The SMILES string of the molecule is CNC(=O)c1oc2cc(-c3cccc(C(=O)Nc4cccc(-c5ccccc5)c4)c3)cnc2c1N. The van der Waals surface area contributed by atoms with Crippen molar-refractivity contribution in [2.45, 2.75) is 0 Å². The number of furan rings is 1. The van der Waals surface area contributed by atoms with Crippen molar-refractivity contribution in [3.63, 3.8) is 0 Å². The first-order valence-electron chi connectivity index (χ1n) is 11.0. The Hall–Kier alpha value is -4.91. The van der Waals surface area contributed by atoms with E-state index in [9.17, 15) is 9.59 Å². The van der Waals surface area contributed by atoms with Crippen LogP contribution in [0, 0.1) is 0 Å². The van der Waals surface area contributed by atoms with Gasteiger partial charge in [-0.2, -0.15) is 0 Å². The first kappa shape index (κ1) is 21.9. The lowest BCUT2D eigenvalue weighted by molar-refractivity contribution is 0.0938. The van der Waals surface area contributed by atoms with Crippen LogP contribution in [-0.2, 0) is 0 Å². The fraction of sp³-hybridized carbons (Fsp3) is 0.0357. The van der Waals surface area contributed by atoms with Crippen molar-refractivity contribution in [2.75, 3.05) is 18.1 Å². The van der Waals surface area contributed by atoms with Gasteiger partial charge in [0.15, 0.2) is 5.58 Å². The zero-order chi connectivity index (χ0) is 24.4. The van der Waals surface area contributed by atoms with Crippen LogP contribution in [-0.4, -0.2) is 23.8 Å². The second-order valence-electron chi connectivity index (χ2n) is 7.98. The molecule has 0 saturated carbocycles. The summed E-state index contributed by atoms with van der Waals surface area (Å²) in [5, 5.41) is 5.47. The number of benzene rings is 3. The van der Waals surface area contributed by atoms with E-state index >= 15 is 0 Å². The van der Waals surface area contributed by atoms with Crippen LogP contribution in [0.25, 0.3) is 33.4 Å². The van der Waals surface area contributed by atoms with E-state index in [4.69, 9.17) is 10.2 Å². The zero-order valence-corrected chi connectivity index (χ0v) is 18.9. The number of hydrogen-bond acceptors (Lipinski definition) is 5. The standard InChI is InChI=1S/C28H22N4O3/c1-30-28(34)26-24(29)25-23(35-26)15-21(16-31-25)18-9-5-11-20(13-18)27(33)32-22-12-6-10-19(14-22)17-7-3-2-4-8-17/h2-16H,29H2,1H3,(H,30,34)(H,32,33). The Bertz CT molecular complexity index is 1560. The second-order valence-corrected chi connectivity index (χ2v) is 7.98. The van der Waals surface area contributed by atoms with Crippen molar-refractivity contribution in [3.05, 3.63) is 102 Å². The van der Waals surface area contributed by atoms with Gasteiger partial charge in [-0.25, -0.2) is 4.98 Å². The summed E-state index contributed by atoms with van der Waals surface area (Å²) >= 11 is 0. The molecule has 0 unspecified atom stereocenters. The van der Waals surface area contributed by atoms with E-state index in [1.54, 1.807) is 30.5 Å². The van der Waals surface area contributed by atoms with E-state index in [-0.39, 0.29) is 17.4 Å². The number of carbonyl (C=O) groups excluding carboxylic acids is 2. The average molecular weight is 463 g/mol. The molecule has 0 aliphatic carbocycles. The van der Waals surface area contributed by atoms with E-state index in [1.807, 2.05) is 60.7 Å². The molecule has 7 nitrogen and oxygen atoms in total. The maximum Gasteiger partial charge on any atom is 0.289 e. The van der Waals surface area contributed by atoms with Crippen molar-refractivity contribution in [3.8, 4) is 22.3 Å². The summed E-state index contributed by atoms with van der Waals surface area (Å²) in [4.78, 5) is 29.4. The molecule has 2 amide bonds. The molecule has 7 heteroatoms. The van der Waals surface area contributed by atoms with E-state index in [0.29, 0.717) is 22.4 Å². The molecule has 0 bridgehead atoms. The van der Waals surface area contributed by atoms with Gasteiger partial charge in [-0.1, -0.05) is 54.6 Å². The van der Waals surface area contributed by atoms with Crippen molar-refractivity contribution in [1.29, 1.82) is 0 Å². The molecule has 5 aromatic rings. The maximum absolute atomic E-state index is 13.0. The molecular formula is C28H22N4O3. The average Bonchev–Trinajstić information content (AvgIpc) is 3.24. The molecule has 0 radical (unpaired) electrons. The lowest BCUT2D eigenvalue weighted by Gasteiger charge is -2.09. The van der Waals surface area contributed by atoms with Gasteiger partial charge in [-0.05, 0) is 47.0 Å². The number of hydrogen-bond donors (Lipinski definition) is 3. The first-order chi connectivity index (χ1) is 17.0. The highest BCUT2D eigenvalue weighted by Crippen LogP contribution is 2.30. The van der Waals surface area contributed by atoms with Crippen LogP contribution in [0.3, 0.4) is 0 Å². The van der Waals surface area contributed by atoms with Crippen LogP contribution in [0.2, 0.25) is 0 Å². The number of nitrogens with one attached hydrogen (secondary N) is 2. The van der Waals surface area contributed by atoms with Gasteiger partial charge in [0.05, 0.1) is 0 Å². The van der Waals surface area contributed by atoms with Crippen LogP contribution >= 0.6 is 0 Å². The first-order valence-corrected chi connectivity index (χ1v) is 11.0. The Morgan fingerprint density at radius 1 is 0.800 bits per heavy atom. The van der Waals surface area contributed by atoms with Crippen LogP contribution in [0.1, 0.15) is 20.9 Å². The number of nitrogen functional groups attached to an aromatic ring is 1.